The molecule has 21 heavy (non-hydrogen) atoms. The van der Waals surface area contributed by atoms with Crippen LogP contribution in [0.5, 0.6) is 0 Å². The third kappa shape index (κ3) is 3.63. The normalized spacial score (nSPS) is 16.0. The van der Waals surface area contributed by atoms with Crippen molar-refractivity contribution in [3.05, 3.63) is 29.3 Å². The highest BCUT2D eigenvalue weighted by molar-refractivity contribution is 5.92. The second-order valence-corrected chi connectivity index (χ2v) is 5.66. The van der Waals surface area contributed by atoms with Crippen LogP contribution in [-0.2, 0) is 11.2 Å². The van der Waals surface area contributed by atoms with Crippen LogP contribution >= 0.6 is 0 Å². The Balaban J connectivity index is 2.19. The van der Waals surface area contributed by atoms with Crippen molar-refractivity contribution in [3.8, 4) is 0 Å². The molecule has 116 valence electrons. The number of nitrogens with zero attached hydrogens (tertiary/aromatic N) is 2. The van der Waals surface area contributed by atoms with E-state index in [4.69, 9.17) is 0 Å². The highest BCUT2D eigenvalue weighted by Crippen LogP contribution is 2.30. The first-order valence-corrected chi connectivity index (χ1v) is 7.88. The number of carbonyl (C=O) groups is 1. The van der Waals surface area contributed by atoms with E-state index < -0.39 is 6.10 Å². The van der Waals surface area contributed by atoms with E-state index in [0.717, 1.165) is 43.7 Å². The molecule has 2 rings (SSSR count). The molecular weight excluding hydrogens is 264 g/mol. The second-order valence-electron chi connectivity index (χ2n) is 5.66. The molecule has 1 amide bonds. The molecule has 1 aliphatic heterocycles. The number of aliphatic hydroxyl groups is 1. The van der Waals surface area contributed by atoms with E-state index in [1.165, 1.54) is 5.56 Å². The number of carbonyl (C=O) groups excluding carboxylic acids is 1. The average Bonchev–Trinajstić information content (AvgIpc) is 2.50. The Hall–Kier alpha value is -1.39. The van der Waals surface area contributed by atoms with Gasteiger partial charge in [0.25, 0.3) is 0 Å². The summed E-state index contributed by atoms with van der Waals surface area (Å²) in [4.78, 5) is 15.7. The van der Waals surface area contributed by atoms with Crippen LogP contribution in [0.2, 0.25) is 0 Å². The molecule has 1 aromatic carbocycles. The van der Waals surface area contributed by atoms with Gasteiger partial charge in [0.15, 0.2) is 0 Å². The van der Waals surface area contributed by atoms with E-state index >= 15 is 0 Å². The Kier molecular flexibility index (Phi) is 5.37. The fraction of sp³-hybridized carbons (Fsp3) is 0.588. The SMILES string of the molecule is CCN(CC)CC(O)c1ccc2c(c1)CCCN2C(C)=O. The predicted molar refractivity (Wildman–Crippen MR) is 85.5 cm³/mol. The number of anilines is 1. The van der Waals surface area contributed by atoms with Gasteiger partial charge in [0.1, 0.15) is 0 Å². The van der Waals surface area contributed by atoms with Crippen molar-refractivity contribution in [2.24, 2.45) is 0 Å². The van der Waals surface area contributed by atoms with Crippen LogP contribution in [0.1, 0.15) is 44.4 Å². The van der Waals surface area contributed by atoms with E-state index in [1.54, 1.807) is 6.92 Å². The lowest BCUT2D eigenvalue weighted by atomic mass is 9.97. The maximum Gasteiger partial charge on any atom is 0.223 e. The third-order valence-electron chi connectivity index (χ3n) is 4.31. The lowest BCUT2D eigenvalue weighted by molar-refractivity contribution is -0.116. The molecule has 0 fully saturated rings. The van der Waals surface area contributed by atoms with Gasteiger partial charge in [-0.05, 0) is 43.1 Å². The quantitative estimate of drug-likeness (QED) is 0.905. The molecule has 0 saturated carbocycles. The standard InChI is InChI=1S/C17H26N2O2/c1-4-18(5-2)12-17(21)15-8-9-16-14(11-15)7-6-10-19(16)13(3)20/h8-9,11,17,21H,4-7,10,12H2,1-3H3. The molecule has 0 aromatic heterocycles. The molecule has 0 radical (unpaired) electrons. The first kappa shape index (κ1) is 16.0. The summed E-state index contributed by atoms with van der Waals surface area (Å²) in [6.45, 7) is 9.15. The lowest BCUT2D eigenvalue weighted by Crippen LogP contribution is -2.33. The van der Waals surface area contributed by atoms with Gasteiger partial charge in [0, 0.05) is 25.7 Å². The van der Waals surface area contributed by atoms with Gasteiger partial charge >= 0.3 is 0 Å². The molecule has 1 aliphatic rings. The first-order valence-electron chi connectivity index (χ1n) is 7.88. The minimum atomic E-state index is -0.470. The van der Waals surface area contributed by atoms with Crippen molar-refractivity contribution in [2.45, 2.75) is 39.7 Å². The summed E-state index contributed by atoms with van der Waals surface area (Å²) in [5.74, 6) is 0.0902. The van der Waals surface area contributed by atoms with E-state index in [1.807, 2.05) is 17.0 Å². The number of hydrogen-bond donors (Lipinski definition) is 1. The van der Waals surface area contributed by atoms with Crippen LogP contribution in [0.4, 0.5) is 5.69 Å². The van der Waals surface area contributed by atoms with Gasteiger partial charge in [-0.1, -0.05) is 26.0 Å². The van der Waals surface area contributed by atoms with Gasteiger partial charge in [-0.3, -0.25) is 4.79 Å². The second kappa shape index (κ2) is 7.05. The molecule has 1 unspecified atom stereocenters. The summed E-state index contributed by atoms with van der Waals surface area (Å²) in [7, 11) is 0. The van der Waals surface area contributed by atoms with Crippen molar-refractivity contribution < 1.29 is 9.90 Å². The van der Waals surface area contributed by atoms with Crippen LogP contribution in [-0.4, -0.2) is 42.1 Å². The van der Waals surface area contributed by atoms with E-state index in [0.29, 0.717) is 6.54 Å². The molecule has 0 saturated heterocycles. The van der Waals surface area contributed by atoms with Gasteiger partial charge in [0.2, 0.25) is 5.91 Å². The summed E-state index contributed by atoms with van der Waals surface area (Å²) >= 11 is 0. The first-order chi connectivity index (χ1) is 10.1. The summed E-state index contributed by atoms with van der Waals surface area (Å²) in [6.07, 6.45) is 1.50. The fourth-order valence-corrected chi connectivity index (χ4v) is 2.98. The molecule has 4 heteroatoms. The van der Waals surface area contributed by atoms with Crippen molar-refractivity contribution in [1.29, 1.82) is 0 Å². The highest BCUT2D eigenvalue weighted by Gasteiger charge is 2.21. The number of rotatable bonds is 5. The smallest absolute Gasteiger partial charge is 0.223 e. The Bertz CT molecular complexity index is 498. The number of fused-ring (bicyclic) bond motifs is 1. The predicted octanol–water partition coefficient (Wildman–Crippen LogP) is 2.36. The van der Waals surface area contributed by atoms with Gasteiger partial charge in [-0.15, -0.1) is 0 Å². The van der Waals surface area contributed by atoms with E-state index in [2.05, 4.69) is 24.8 Å². The molecule has 1 atom stereocenters. The van der Waals surface area contributed by atoms with Crippen LogP contribution < -0.4 is 4.90 Å². The van der Waals surface area contributed by atoms with Crippen molar-refractivity contribution in [3.63, 3.8) is 0 Å². The zero-order valence-electron chi connectivity index (χ0n) is 13.3. The number of aryl methyl sites for hydroxylation is 1. The topological polar surface area (TPSA) is 43.8 Å². The maximum atomic E-state index is 11.7. The molecule has 1 aromatic rings. The van der Waals surface area contributed by atoms with Crippen LogP contribution in [0, 0.1) is 0 Å². The van der Waals surface area contributed by atoms with Crippen molar-refractivity contribution in [2.75, 3.05) is 31.1 Å². The number of amides is 1. The van der Waals surface area contributed by atoms with Crippen LogP contribution in [0.3, 0.4) is 0 Å². The Labute approximate surface area is 127 Å². The monoisotopic (exact) mass is 290 g/mol. The minimum Gasteiger partial charge on any atom is -0.387 e. The zero-order valence-corrected chi connectivity index (χ0v) is 13.3. The Morgan fingerprint density at radius 3 is 2.71 bits per heavy atom. The maximum absolute atomic E-state index is 11.7. The molecule has 0 bridgehead atoms. The lowest BCUT2D eigenvalue weighted by Gasteiger charge is -2.30. The van der Waals surface area contributed by atoms with Gasteiger partial charge < -0.3 is 14.9 Å². The number of hydrogen-bond acceptors (Lipinski definition) is 3. The summed E-state index contributed by atoms with van der Waals surface area (Å²) in [5, 5.41) is 10.4. The zero-order chi connectivity index (χ0) is 15.4. The minimum absolute atomic E-state index is 0.0902. The molecule has 0 spiro atoms. The summed E-state index contributed by atoms with van der Waals surface area (Å²) in [5.41, 5.74) is 3.13. The van der Waals surface area contributed by atoms with Crippen LogP contribution in [0.25, 0.3) is 0 Å². The summed E-state index contributed by atoms with van der Waals surface area (Å²) in [6, 6.07) is 6.00. The molecule has 1 N–H and O–H groups in total. The average molecular weight is 290 g/mol. The third-order valence-corrected chi connectivity index (χ3v) is 4.31. The Morgan fingerprint density at radius 1 is 1.38 bits per heavy atom. The fourth-order valence-electron chi connectivity index (χ4n) is 2.98. The number of likely N-dealkylation sites (N-methyl/N-ethyl adjacent to an activating group) is 1. The van der Waals surface area contributed by atoms with Crippen molar-refractivity contribution >= 4 is 11.6 Å². The molecule has 4 nitrogen and oxygen atoms in total. The number of benzene rings is 1. The number of aliphatic hydroxyl groups excluding tert-OH is 1. The van der Waals surface area contributed by atoms with Gasteiger partial charge in [0.05, 0.1) is 6.10 Å². The Morgan fingerprint density at radius 2 is 2.10 bits per heavy atom. The van der Waals surface area contributed by atoms with E-state index in [9.17, 15) is 9.90 Å². The molecule has 1 heterocycles. The van der Waals surface area contributed by atoms with Crippen LogP contribution in [0.15, 0.2) is 18.2 Å². The molecule has 0 aliphatic carbocycles. The van der Waals surface area contributed by atoms with Gasteiger partial charge in [-0.2, -0.15) is 0 Å². The highest BCUT2D eigenvalue weighted by atomic mass is 16.3. The summed E-state index contributed by atoms with van der Waals surface area (Å²) < 4.78 is 0. The molecular formula is C17H26N2O2. The van der Waals surface area contributed by atoms with Gasteiger partial charge in [-0.25, -0.2) is 0 Å². The largest absolute Gasteiger partial charge is 0.387 e. The van der Waals surface area contributed by atoms with E-state index in [-0.39, 0.29) is 5.91 Å². The van der Waals surface area contributed by atoms with Crippen molar-refractivity contribution in [1.82, 2.24) is 4.90 Å².